The summed E-state index contributed by atoms with van der Waals surface area (Å²) in [5.41, 5.74) is 34.8. The van der Waals surface area contributed by atoms with Crippen molar-refractivity contribution in [1.82, 2.24) is 37.2 Å². The van der Waals surface area contributed by atoms with Crippen LogP contribution in [0.25, 0.3) is 0 Å². The number of nitrogens with zero attached hydrogens (tertiary/aromatic N) is 1. The Morgan fingerprint density at radius 3 is 1.71 bits per heavy atom. The predicted molar refractivity (Wildman–Crippen MR) is 224 cm³/mol. The molecule has 8 unspecified atom stereocenters. The number of piperidine rings is 1. The van der Waals surface area contributed by atoms with Crippen LogP contribution in [0, 0.1) is 0 Å². The monoisotopic (exact) mass is 887 g/mol. The van der Waals surface area contributed by atoms with Crippen LogP contribution in [0.2, 0.25) is 0 Å². The Hall–Kier alpha value is -4.47. The minimum Gasteiger partial charge on any atom is -0.447 e. The number of nitrogens with two attached hydrogens (primary N) is 6. The molecule has 25 nitrogen and oxygen atoms in total. The predicted octanol–water partition coefficient (Wildman–Crippen LogP) is -6.91. The summed E-state index contributed by atoms with van der Waals surface area (Å²) in [6.45, 7) is 1.12. The largest absolute Gasteiger partial charge is 0.447 e. The Morgan fingerprint density at radius 1 is 0.758 bits per heavy atom. The molecule has 0 bridgehead atoms. The van der Waals surface area contributed by atoms with Gasteiger partial charge in [-0.1, -0.05) is 0 Å². The molecule has 22 N–H and O–H groups in total. The lowest BCUT2D eigenvalue weighted by molar-refractivity contribution is -0.198. The molecular formula is C37H70N14O11. The Morgan fingerprint density at radius 2 is 1.24 bits per heavy atom. The van der Waals surface area contributed by atoms with E-state index in [4.69, 9.17) is 43.9 Å². The number of amides is 6. The number of β-amino-alcohol motifs (C(OH)–C–C–N with tert-alkyl or cyclic N) is 1. The first kappa shape index (κ1) is 51.9. The highest BCUT2D eigenvalue weighted by Gasteiger charge is 2.48. The number of ether oxygens (including phenoxy) is 2. The van der Waals surface area contributed by atoms with E-state index < -0.39 is 85.4 Å². The Bertz CT molecular complexity index is 1500. The Labute approximate surface area is 360 Å². The van der Waals surface area contributed by atoms with Crippen molar-refractivity contribution in [3.05, 3.63) is 0 Å². The van der Waals surface area contributed by atoms with Crippen molar-refractivity contribution in [3.63, 3.8) is 0 Å². The number of carbonyl (C=O) groups excluding carboxylic acids is 6. The van der Waals surface area contributed by atoms with Crippen molar-refractivity contribution in [3.8, 4) is 0 Å². The first-order chi connectivity index (χ1) is 29.5. The van der Waals surface area contributed by atoms with E-state index >= 15 is 0 Å². The van der Waals surface area contributed by atoms with E-state index in [0.29, 0.717) is 64.6 Å². The molecule has 0 radical (unpaired) electrons. The topological polar surface area (TPSA) is 434 Å². The van der Waals surface area contributed by atoms with Gasteiger partial charge in [-0.2, -0.15) is 0 Å². The average molecular weight is 887 g/mol. The molecule has 3 aliphatic heterocycles. The molecule has 12 atom stereocenters. The van der Waals surface area contributed by atoms with E-state index in [1.54, 1.807) is 0 Å². The van der Waals surface area contributed by atoms with Crippen LogP contribution in [-0.2, 0) is 33.4 Å². The first-order valence-corrected chi connectivity index (χ1v) is 21.3. The Kier molecular flexibility index (Phi) is 22.5. The molecule has 0 aromatic rings. The maximum atomic E-state index is 13.1. The highest BCUT2D eigenvalue weighted by atomic mass is 16.6. The van der Waals surface area contributed by atoms with Crippen LogP contribution in [-0.4, -0.2) is 169 Å². The fraction of sp³-hybridized carbons (Fsp3) is 0.811. The molecule has 6 amide bonds. The fourth-order valence-corrected chi connectivity index (χ4v) is 7.20. The first-order valence-electron chi connectivity index (χ1n) is 21.3. The van der Waals surface area contributed by atoms with Gasteiger partial charge in [-0.25, -0.2) is 9.79 Å². The molecule has 62 heavy (non-hydrogen) atoms. The van der Waals surface area contributed by atoms with Crippen molar-refractivity contribution < 1.29 is 53.6 Å². The van der Waals surface area contributed by atoms with Gasteiger partial charge in [0.15, 0.2) is 18.2 Å². The SMILES string of the molecule is NCCCC(N)CC(=O)NCCCC(N)CC(=O)NCCCC(N)CC(=O)NCCCC(N)CC(=O)N[C@H]1C(NC2=NC3C(=O)NCC(O)C3N2)O[C@H](COC(N)=O)[C@H](O)[C@H]1O. The van der Waals surface area contributed by atoms with Gasteiger partial charge in [0.2, 0.25) is 29.5 Å². The van der Waals surface area contributed by atoms with Crippen LogP contribution in [0.1, 0.15) is 77.0 Å². The highest BCUT2D eigenvalue weighted by molar-refractivity contribution is 5.92. The van der Waals surface area contributed by atoms with Gasteiger partial charge in [-0.15, -0.1) is 0 Å². The minimum absolute atomic E-state index is 0.00971. The number of carbonyl (C=O) groups is 6. The van der Waals surface area contributed by atoms with E-state index in [0.717, 1.165) is 6.42 Å². The number of primary amides is 1. The summed E-state index contributed by atoms with van der Waals surface area (Å²) in [6, 6.07) is -4.65. The number of nitrogens with one attached hydrogen (secondary N) is 7. The maximum Gasteiger partial charge on any atom is 0.404 e. The van der Waals surface area contributed by atoms with Crippen LogP contribution in [0.3, 0.4) is 0 Å². The number of hydrogen-bond donors (Lipinski definition) is 16. The van der Waals surface area contributed by atoms with E-state index in [1.165, 1.54) is 0 Å². The van der Waals surface area contributed by atoms with Gasteiger partial charge in [0, 0.05) is 76.0 Å². The normalized spacial score (nSPS) is 26.3. The third kappa shape index (κ3) is 18.5. The molecule has 0 aromatic heterocycles. The summed E-state index contributed by atoms with van der Waals surface area (Å²) >= 11 is 0. The second-order valence-corrected chi connectivity index (χ2v) is 16.1. The number of aliphatic imine (C=N–C) groups is 1. The fourth-order valence-electron chi connectivity index (χ4n) is 7.20. The van der Waals surface area contributed by atoms with Crippen molar-refractivity contribution in [2.24, 2.45) is 39.4 Å². The van der Waals surface area contributed by atoms with Gasteiger partial charge in [0.1, 0.15) is 31.0 Å². The summed E-state index contributed by atoms with van der Waals surface area (Å²) in [6.07, 6.45) is -3.15. The molecule has 3 heterocycles. The number of aliphatic hydroxyl groups is 3. The van der Waals surface area contributed by atoms with Crippen molar-refractivity contribution in [2.75, 3.05) is 39.3 Å². The summed E-state index contributed by atoms with van der Waals surface area (Å²) < 4.78 is 10.6. The van der Waals surface area contributed by atoms with Crippen LogP contribution in [0.15, 0.2) is 4.99 Å². The summed E-state index contributed by atoms with van der Waals surface area (Å²) in [5, 5.41) is 51.4. The molecule has 0 aromatic carbocycles. The van der Waals surface area contributed by atoms with Gasteiger partial charge in [-0.05, 0) is 57.9 Å². The van der Waals surface area contributed by atoms with Gasteiger partial charge >= 0.3 is 6.09 Å². The van der Waals surface area contributed by atoms with Crippen molar-refractivity contribution in [2.45, 2.75) is 150 Å². The standard InChI is InChI=1S/C37H70N14O11/c38-9-1-5-19(39)13-25(53)44-10-2-6-20(40)14-26(54)45-11-3-7-21(41)15-27(55)46-12-4-8-22(42)16-28(56)48-31-33(58)32(57)24(18-61-36(43)60)62-35(31)51-37-49-29-23(52)17-47-34(59)30(29)50-37/h19-24,29-33,35,52,57-58H,1-18,38-42H2,(H2,43,60)(H,44,53)(H,45,54)(H,46,55)(H,47,59)(H,48,56)(H2,49,50,51)/t19?,20?,21?,22?,23?,24-,29?,30?,31-,32+,33+,35?/m1/s1. The molecule has 0 aliphatic carbocycles. The molecule has 0 spiro atoms. The minimum atomic E-state index is -1.64. The van der Waals surface area contributed by atoms with Gasteiger partial charge in [0.25, 0.3) is 0 Å². The highest BCUT2D eigenvalue weighted by Crippen LogP contribution is 2.22. The number of hydrogen-bond acceptors (Lipinski definition) is 19. The van der Waals surface area contributed by atoms with Crippen molar-refractivity contribution in [1.29, 1.82) is 0 Å². The zero-order valence-electron chi connectivity index (χ0n) is 35.2. The molecule has 0 saturated carbocycles. The molecule has 3 rings (SSSR count). The van der Waals surface area contributed by atoms with E-state index in [-0.39, 0.29) is 74.5 Å². The molecule has 3 aliphatic rings. The quantitative estimate of drug-likeness (QED) is 0.0341. The van der Waals surface area contributed by atoms with Gasteiger partial charge < -0.3 is 96.4 Å². The smallest absolute Gasteiger partial charge is 0.404 e. The lowest BCUT2D eigenvalue weighted by Gasteiger charge is -2.43. The van der Waals surface area contributed by atoms with Crippen molar-refractivity contribution >= 4 is 41.6 Å². The van der Waals surface area contributed by atoms with Crippen LogP contribution < -0.4 is 71.6 Å². The third-order valence-electron chi connectivity index (χ3n) is 10.6. The number of rotatable bonds is 27. The maximum absolute atomic E-state index is 13.1. The van der Waals surface area contributed by atoms with Gasteiger partial charge in [-0.3, -0.25) is 24.0 Å². The van der Waals surface area contributed by atoms with E-state index in [9.17, 15) is 44.1 Å². The number of fused-ring (bicyclic) bond motifs is 1. The zero-order valence-corrected chi connectivity index (χ0v) is 35.2. The number of aliphatic hydroxyl groups excluding tert-OH is 3. The summed E-state index contributed by atoms with van der Waals surface area (Å²) in [5.74, 6) is -1.57. The van der Waals surface area contributed by atoms with E-state index in [2.05, 4.69) is 42.2 Å². The summed E-state index contributed by atoms with van der Waals surface area (Å²) in [4.78, 5) is 77.6. The molecule has 2 saturated heterocycles. The lowest BCUT2D eigenvalue weighted by atomic mass is 9.95. The zero-order chi connectivity index (χ0) is 45.8. The lowest BCUT2D eigenvalue weighted by Crippen LogP contribution is -2.69. The van der Waals surface area contributed by atoms with Crippen LogP contribution in [0.4, 0.5) is 4.79 Å². The van der Waals surface area contributed by atoms with Crippen LogP contribution >= 0.6 is 0 Å². The summed E-state index contributed by atoms with van der Waals surface area (Å²) in [7, 11) is 0. The Balaban J connectivity index is 1.30. The molecular weight excluding hydrogens is 816 g/mol. The second kappa shape index (κ2) is 26.9. The van der Waals surface area contributed by atoms with E-state index in [1.807, 2.05) is 0 Å². The molecule has 2 fully saturated rings. The van der Waals surface area contributed by atoms with Gasteiger partial charge in [0.05, 0.1) is 12.1 Å². The molecule has 354 valence electrons. The second-order valence-electron chi connectivity index (χ2n) is 16.1. The average Bonchev–Trinajstić information content (AvgIpc) is 3.64. The molecule has 25 heteroatoms. The number of guanidine groups is 1. The van der Waals surface area contributed by atoms with Crippen LogP contribution in [0.5, 0.6) is 0 Å². The third-order valence-corrected chi connectivity index (χ3v) is 10.6.